The molecule has 1 N–H and O–H groups in total. The number of carbonyl (C=O) groups is 1. The van der Waals surface area contributed by atoms with Crippen molar-refractivity contribution in [1.82, 2.24) is 14.3 Å². The highest BCUT2D eigenvalue weighted by molar-refractivity contribution is 8.00. The molecule has 1 atom stereocenters. The van der Waals surface area contributed by atoms with Crippen molar-refractivity contribution in [2.45, 2.75) is 95.2 Å². The molecule has 36 heavy (non-hydrogen) atoms. The van der Waals surface area contributed by atoms with Crippen molar-refractivity contribution in [2.75, 3.05) is 18.5 Å². The average molecular weight is 519 g/mol. The Morgan fingerprint density at radius 3 is 2.64 bits per heavy atom. The van der Waals surface area contributed by atoms with Crippen LogP contribution >= 0.6 is 11.8 Å². The van der Waals surface area contributed by atoms with Crippen molar-refractivity contribution in [3.8, 4) is 0 Å². The van der Waals surface area contributed by atoms with Crippen LogP contribution in [-0.2, 0) is 29.5 Å². The predicted molar refractivity (Wildman–Crippen MR) is 147 cm³/mol. The molecule has 0 amide bonds. The summed E-state index contributed by atoms with van der Waals surface area (Å²) in [6.45, 7) is 7.58. The first kappa shape index (κ1) is 29.7. The van der Waals surface area contributed by atoms with Gasteiger partial charge in [-0.1, -0.05) is 51.7 Å². The number of nitrogens with one attached hydrogen (secondary N) is 1. The van der Waals surface area contributed by atoms with Gasteiger partial charge >= 0.3 is 11.7 Å². The minimum atomic E-state index is -0.384. The lowest BCUT2D eigenvalue weighted by molar-refractivity contribution is -0.143. The Morgan fingerprint density at radius 1 is 1.11 bits per heavy atom. The largest absolute Gasteiger partial charge is 0.465 e. The lowest BCUT2D eigenvalue weighted by Gasteiger charge is -2.12. The molecule has 2 rings (SSSR count). The van der Waals surface area contributed by atoms with Gasteiger partial charge in [-0.05, 0) is 50.3 Å². The van der Waals surface area contributed by atoms with Crippen LogP contribution in [0, 0.1) is 0 Å². The van der Waals surface area contributed by atoms with Crippen molar-refractivity contribution in [3.05, 3.63) is 50.7 Å². The van der Waals surface area contributed by atoms with E-state index in [0.717, 1.165) is 48.0 Å². The van der Waals surface area contributed by atoms with Crippen molar-refractivity contribution < 1.29 is 9.53 Å². The molecule has 0 saturated heterocycles. The molecule has 0 saturated carbocycles. The number of rotatable bonds is 17. The predicted octanol–water partition coefficient (Wildman–Crippen LogP) is 4.78. The van der Waals surface area contributed by atoms with E-state index in [4.69, 9.17) is 4.74 Å². The van der Waals surface area contributed by atoms with Crippen LogP contribution in [0.5, 0.6) is 0 Å². The van der Waals surface area contributed by atoms with Crippen LogP contribution in [0.1, 0.15) is 77.7 Å². The Labute approximate surface area is 218 Å². The summed E-state index contributed by atoms with van der Waals surface area (Å²) in [6, 6.07) is 8.44. The van der Waals surface area contributed by atoms with Crippen LogP contribution in [0.3, 0.4) is 0 Å². The van der Waals surface area contributed by atoms with Crippen LogP contribution in [-0.4, -0.2) is 38.7 Å². The number of hydrogen-bond acceptors (Lipinski definition) is 7. The SMILES string of the molecule is CCCCCCCn1nc(NCCCCc2cccc(SC(C)COC(=O)CC)c2)c(=O)n(C)c1=O. The van der Waals surface area contributed by atoms with Gasteiger partial charge in [0.05, 0.1) is 0 Å². The molecule has 8 nitrogen and oxygen atoms in total. The number of carbonyl (C=O) groups excluding carboxylic acids is 1. The van der Waals surface area contributed by atoms with E-state index >= 15 is 0 Å². The fraction of sp³-hybridized carbons (Fsp3) is 0.630. The molecule has 9 heteroatoms. The highest BCUT2D eigenvalue weighted by Crippen LogP contribution is 2.25. The number of ether oxygens (including phenoxy) is 1. The van der Waals surface area contributed by atoms with Gasteiger partial charge in [0, 0.05) is 36.7 Å². The summed E-state index contributed by atoms with van der Waals surface area (Å²) < 4.78 is 7.77. The highest BCUT2D eigenvalue weighted by atomic mass is 32.2. The molecular formula is C27H42N4O4S. The Morgan fingerprint density at radius 2 is 1.89 bits per heavy atom. The molecule has 0 radical (unpaired) electrons. The second-order valence-corrected chi connectivity index (χ2v) is 10.6. The number of anilines is 1. The summed E-state index contributed by atoms with van der Waals surface area (Å²) in [5.74, 6) is 0.0703. The maximum atomic E-state index is 12.5. The van der Waals surface area contributed by atoms with Gasteiger partial charge in [-0.2, -0.15) is 0 Å². The quantitative estimate of drug-likeness (QED) is 0.183. The Bertz CT molecular complexity index is 1070. The van der Waals surface area contributed by atoms with Gasteiger partial charge < -0.3 is 10.1 Å². The van der Waals surface area contributed by atoms with Gasteiger partial charge in [0.25, 0.3) is 5.56 Å². The van der Waals surface area contributed by atoms with Crippen LogP contribution in [0.15, 0.2) is 38.8 Å². The van der Waals surface area contributed by atoms with Gasteiger partial charge in [-0.15, -0.1) is 16.9 Å². The van der Waals surface area contributed by atoms with E-state index in [9.17, 15) is 14.4 Å². The molecule has 0 fully saturated rings. The molecule has 2 aromatic rings. The Kier molecular flexibility index (Phi) is 13.4. The topological polar surface area (TPSA) is 95.2 Å². The van der Waals surface area contributed by atoms with E-state index in [0.29, 0.717) is 26.1 Å². The van der Waals surface area contributed by atoms with Crippen molar-refractivity contribution in [1.29, 1.82) is 0 Å². The maximum absolute atomic E-state index is 12.5. The summed E-state index contributed by atoms with van der Waals surface area (Å²) >= 11 is 1.70. The number of aromatic nitrogens is 3. The number of nitrogens with zero attached hydrogens (tertiary/aromatic N) is 3. The number of thioether (sulfide) groups is 1. The first-order chi connectivity index (χ1) is 17.3. The molecule has 0 aliphatic rings. The summed E-state index contributed by atoms with van der Waals surface area (Å²) in [6.07, 6.45) is 8.62. The Balaban J connectivity index is 1.80. The lowest BCUT2D eigenvalue weighted by atomic mass is 10.1. The van der Waals surface area contributed by atoms with Gasteiger partial charge in [-0.25, -0.2) is 9.48 Å². The standard InChI is InChI=1S/C27H42N4O4S/c1-5-7-8-9-12-18-31-27(34)30(4)26(33)25(29-31)28-17-11-10-14-22-15-13-16-23(19-22)36-21(3)20-35-24(32)6-2/h13,15-16,19,21H,5-12,14,17-18,20H2,1-4H3,(H,28,29). The molecule has 1 aromatic carbocycles. The normalized spacial score (nSPS) is 11.9. The number of aryl methyl sites for hydroxylation is 2. The second-order valence-electron chi connectivity index (χ2n) is 9.13. The lowest BCUT2D eigenvalue weighted by Crippen LogP contribution is -2.41. The zero-order valence-electron chi connectivity index (χ0n) is 22.3. The molecule has 1 aromatic heterocycles. The zero-order chi connectivity index (χ0) is 26.3. The zero-order valence-corrected chi connectivity index (χ0v) is 23.1. The molecule has 1 heterocycles. The smallest absolute Gasteiger partial charge is 0.347 e. The van der Waals surface area contributed by atoms with Gasteiger partial charge in [0.1, 0.15) is 6.61 Å². The van der Waals surface area contributed by atoms with Crippen molar-refractivity contribution in [3.63, 3.8) is 0 Å². The van der Waals surface area contributed by atoms with Crippen molar-refractivity contribution in [2.24, 2.45) is 7.05 Å². The number of unbranched alkanes of at least 4 members (excludes halogenated alkanes) is 5. The summed E-state index contributed by atoms with van der Waals surface area (Å²) in [5.41, 5.74) is 0.505. The van der Waals surface area contributed by atoms with Crippen LogP contribution in [0.2, 0.25) is 0 Å². The number of esters is 1. The van der Waals surface area contributed by atoms with E-state index < -0.39 is 0 Å². The fourth-order valence-electron chi connectivity index (χ4n) is 3.76. The maximum Gasteiger partial charge on any atom is 0.347 e. The summed E-state index contributed by atoms with van der Waals surface area (Å²) in [5, 5.41) is 7.63. The third-order valence-corrected chi connectivity index (χ3v) is 6.96. The van der Waals surface area contributed by atoms with E-state index in [1.54, 1.807) is 18.7 Å². The molecule has 0 aliphatic carbocycles. The average Bonchev–Trinajstić information content (AvgIpc) is 2.87. The molecule has 0 aliphatic heterocycles. The minimum absolute atomic E-state index is 0.168. The fourth-order valence-corrected chi connectivity index (χ4v) is 4.74. The molecular weight excluding hydrogens is 476 g/mol. The molecule has 1 unspecified atom stereocenters. The van der Waals surface area contributed by atoms with E-state index in [1.807, 2.05) is 0 Å². The van der Waals surface area contributed by atoms with Gasteiger partial charge in [-0.3, -0.25) is 14.2 Å². The van der Waals surface area contributed by atoms with E-state index in [1.165, 1.54) is 30.1 Å². The third-order valence-electron chi connectivity index (χ3n) is 5.90. The molecule has 200 valence electrons. The second kappa shape index (κ2) is 16.2. The first-order valence-electron chi connectivity index (χ1n) is 13.2. The minimum Gasteiger partial charge on any atom is -0.465 e. The van der Waals surface area contributed by atoms with Crippen LogP contribution in [0.25, 0.3) is 0 Å². The Hall–Kier alpha value is -2.55. The van der Waals surface area contributed by atoms with Gasteiger partial charge in [0.2, 0.25) is 5.82 Å². The summed E-state index contributed by atoms with van der Waals surface area (Å²) in [7, 11) is 1.50. The first-order valence-corrected chi connectivity index (χ1v) is 14.1. The van der Waals surface area contributed by atoms with Crippen LogP contribution in [0.4, 0.5) is 5.82 Å². The van der Waals surface area contributed by atoms with Crippen LogP contribution < -0.4 is 16.6 Å². The van der Waals surface area contributed by atoms with Gasteiger partial charge in [0.15, 0.2) is 0 Å². The van der Waals surface area contributed by atoms with E-state index in [2.05, 4.69) is 48.5 Å². The summed E-state index contributed by atoms with van der Waals surface area (Å²) in [4.78, 5) is 37.4. The number of hydrogen-bond donors (Lipinski definition) is 1. The van der Waals surface area contributed by atoms with Crippen molar-refractivity contribution >= 4 is 23.5 Å². The third kappa shape index (κ3) is 10.2. The molecule has 0 bridgehead atoms. The number of benzene rings is 1. The monoisotopic (exact) mass is 518 g/mol. The molecule has 0 spiro atoms. The van der Waals surface area contributed by atoms with E-state index in [-0.39, 0.29) is 28.3 Å². The highest BCUT2D eigenvalue weighted by Gasteiger charge is 2.11.